The van der Waals surface area contributed by atoms with E-state index in [2.05, 4.69) is 11.7 Å². The van der Waals surface area contributed by atoms with Crippen LogP contribution in [0.25, 0.3) is 0 Å². The summed E-state index contributed by atoms with van der Waals surface area (Å²) in [7, 11) is 0. The standard InChI is InChI=1S/C6H11N/c1-2-4-6-7-5-3-1/h7H,1-3,5-6H2. The van der Waals surface area contributed by atoms with Crippen molar-refractivity contribution in [1.82, 2.24) is 5.32 Å². The fourth-order valence-electron chi connectivity index (χ4n) is 0.765. The maximum atomic E-state index is 3.24. The van der Waals surface area contributed by atoms with E-state index in [4.69, 9.17) is 0 Å². The first-order chi connectivity index (χ1) is 3.50. The van der Waals surface area contributed by atoms with Crippen LogP contribution in [0, 0.1) is 6.42 Å². The summed E-state index contributed by atoms with van der Waals surface area (Å²) < 4.78 is 0. The normalized spacial score (nSPS) is 24.0. The van der Waals surface area contributed by atoms with Gasteiger partial charge in [-0.05, 0) is 25.8 Å². The van der Waals surface area contributed by atoms with Gasteiger partial charge in [0, 0.05) is 6.54 Å². The lowest BCUT2D eigenvalue weighted by Gasteiger charge is -1.91. The second kappa shape index (κ2) is 3.03. The molecule has 0 aromatic rings. The van der Waals surface area contributed by atoms with Gasteiger partial charge in [0.05, 0.1) is 0 Å². The van der Waals surface area contributed by atoms with Crippen molar-refractivity contribution in [2.75, 3.05) is 13.1 Å². The first kappa shape index (κ1) is 5.10. The highest BCUT2D eigenvalue weighted by Crippen LogP contribution is 1.99. The largest absolute Gasteiger partial charge is 0.316 e. The van der Waals surface area contributed by atoms with Gasteiger partial charge < -0.3 is 5.32 Å². The molecule has 1 aliphatic rings. The molecule has 1 saturated heterocycles. The molecule has 1 N–H and O–H groups in total. The highest BCUT2D eigenvalue weighted by molar-refractivity contribution is 4.71. The lowest BCUT2D eigenvalue weighted by Crippen LogP contribution is -2.13. The number of nitrogens with one attached hydrogen (secondary N) is 1. The summed E-state index contributed by atoms with van der Waals surface area (Å²) in [4.78, 5) is 0. The third-order valence-corrected chi connectivity index (χ3v) is 1.21. The Balaban J connectivity index is 2.04. The van der Waals surface area contributed by atoms with Crippen molar-refractivity contribution in [3.63, 3.8) is 0 Å². The molecule has 0 atom stereocenters. The zero-order valence-corrected chi connectivity index (χ0v) is 4.54. The van der Waals surface area contributed by atoms with E-state index in [0.29, 0.717) is 0 Å². The smallest absolute Gasteiger partial charge is 0.00199 e. The van der Waals surface area contributed by atoms with Crippen LogP contribution in [0.3, 0.4) is 0 Å². The van der Waals surface area contributed by atoms with Gasteiger partial charge in [0.2, 0.25) is 0 Å². The van der Waals surface area contributed by atoms with Crippen LogP contribution in [0.1, 0.15) is 19.3 Å². The molecule has 0 saturated carbocycles. The summed E-state index contributed by atoms with van der Waals surface area (Å²) >= 11 is 0. The van der Waals surface area contributed by atoms with Crippen molar-refractivity contribution in [2.45, 2.75) is 19.3 Å². The summed E-state index contributed by atoms with van der Waals surface area (Å²) in [6.45, 7) is 2.19. The monoisotopic (exact) mass is 97.1 g/mol. The van der Waals surface area contributed by atoms with E-state index >= 15 is 0 Å². The molecule has 0 spiro atoms. The van der Waals surface area contributed by atoms with Gasteiger partial charge in [0.1, 0.15) is 0 Å². The molecule has 1 nitrogen and oxygen atoms in total. The van der Waals surface area contributed by atoms with E-state index in [1.54, 1.807) is 0 Å². The summed E-state index contributed by atoms with van der Waals surface area (Å²) in [5.74, 6) is 0. The van der Waals surface area contributed by atoms with Gasteiger partial charge in [-0.2, -0.15) is 0 Å². The molecular weight excluding hydrogens is 86.1 g/mol. The predicted octanol–water partition coefficient (Wildman–Crippen LogP) is 0.841. The van der Waals surface area contributed by atoms with Gasteiger partial charge in [0.25, 0.3) is 0 Å². The lowest BCUT2D eigenvalue weighted by atomic mass is 10.2. The maximum absolute atomic E-state index is 3.24. The van der Waals surface area contributed by atoms with Crippen molar-refractivity contribution in [1.29, 1.82) is 0 Å². The molecule has 1 heteroatoms. The topological polar surface area (TPSA) is 12.0 Å². The van der Waals surface area contributed by atoms with Crippen molar-refractivity contribution >= 4 is 0 Å². The zero-order chi connectivity index (χ0) is 4.95. The summed E-state index contributed by atoms with van der Waals surface area (Å²) in [6.07, 6.45) is 7.08. The van der Waals surface area contributed by atoms with Crippen molar-refractivity contribution < 1.29 is 0 Å². The van der Waals surface area contributed by atoms with Gasteiger partial charge in [-0.15, -0.1) is 0 Å². The average Bonchev–Trinajstić information content (AvgIpc) is 1.90. The highest BCUT2D eigenvalue weighted by Gasteiger charge is 1.94. The quantitative estimate of drug-likeness (QED) is 0.472. The summed E-state index contributed by atoms with van der Waals surface area (Å²) in [5.41, 5.74) is 0. The Morgan fingerprint density at radius 3 is 3.29 bits per heavy atom. The third-order valence-electron chi connectivity index (χ3n) is 1.21. The molecule has 1 heterocycles. The van der Waals surface area contributed by atoms with Crippen molar-refractivity contribution in [3.05, 3.63) is 6.42 Å². The van der Waals surface area contributed by atoms with Crippen LogP contribution in [-0.4, -0.2) is 13.1 Å². The molecule has 0 aromatic heterocycles. The Bertz CT molecular complexity index is 23.8. The molecule has 1 aliphatic heterocycles. The fraction of sp³-hybridized carbons (Fsp3) is 0.833. The Hall–Kier alpha value is -0.0400. The minimum absolute atomic E-state index is 1.00. The molecule has 40 valence electrons. The SMILES string of the molecule is [C]1CCCCNC1. The first-order valence-corrected chi connectivity index (χ1v) is 2.91. The lowest BCUT2D eigenvalue weighted by molar-refractivity contribution is 0.710. The molecular formula is C6H11N. The number of rotatable bonds is 0. The minimum atomic E-state index is 1.00. The molecule has 0 bridgehead atoms. The van der Waals surface area contributed by atoms with E-state index in [1.807, 2.05) is 0 Å². The summed E-state index contributed by atoms with van der Waals surface area (Å²) in [5, 5.41) is 3.24. The molecule has 0 amide bonds. The van der Waals surface area contributed by atoms with Crippen molar-refractivity contribution in [3.8, 4) is 0 Å². The van der Waals surface area contributed by atoms with Crippen LogP contribution in [0.5, 0.6) is 0 Å². The molecule has 7 heavy (non-hydrogen) atoms. The fourth-order valence-corrected chi connectivity index (χ4v) is 0.765. The van der Waals surface area contributed by atoms with E-state index in [9.17, 15) is 0 Å². The number of hydrogen-bond acceptors (Lipinski definition) is 1. The van der Waals surface area contributed by atoms with Gasteiger partial charge in [-0.1, -0.05) is 6.42 Å². The van der Waals surface area contributed by atoms with Crippen molar-refractivity contribution in [2.24, 2.45) is 0 Å². The summed E-state index contributed by atoms with van der Waals surface area (Å²) in [6, 6.07) is 0. The Morgan fingerprint density at radius 2 is 2.29 bits per heavy atom. The maximum Gasteiger partial charge on any atom is 0.00199 e. The van der Waals surface area contributed by atoms with E-state index in [-0.39, 0.29) is 0 Å². The Labute approximate surface area is 45.1 Å². The van der Waals surface area contributed by atoms with Crippen LogP contribution in [-0.2, 0) is 0 Å². The molecule has 2 radical (unpaired) electrons. The van der Waals surface area contributed by atoms with Gasteiger partial charge >= 0.3 is 0 Å². The predicted molar refractivity (Wildman–Crippen MR) is 30.0 cm³/mol. The van der Waals surface area contributed by atoms with Crippen LogP contribution in [0.2, 0.25) is 0 Å². The number of hydrogen-bond donors (Lipinski definition) is 1. The second-order valence-electron chi connectivity index (χ2n) is 1.88. The molecule has 0 aromatic carbocycles. The Kier molecular flexibility index (Phi) is 2.21. The zero-order valence-electron chi connectivity index (χ0n) is 4.54. The van der Waals surface area contributed by atoms with Crippen LogP contribution in [0.15, 0.2) is 0 Å². The van der Waals surface area contributed by atoms with Crippen LogP contribution in [0.4, 0.5) is 0 Å². The minimum Gasteiger partial charge on any atom is -0.316 e. The van der Waals surface area contributed by atoms with Gasteiger partial charge in [-0.3, -0.25) is 0 Å². The van der Waals surface area contributed by atoms with Gasteiger partial charge in [-0.25, -0.2) is 0 Å². The van der Waals surface area contributed by atoms with E-state index in [1.165, 1.54) is 25.8 Å². The first-order valence-electron chi connectivity index (χ1n) is 2.91. The molecule has 0 unspecified atom stereocenters. The Morgan fingerprint density at radius 1 is 1.29 bits per heavy atom. The van der Waals surface area contributed by atoms with E-state index < -0.39 is 0 Å². The van der Waals surface area contributed by atoms with Gasteiger partial charge in [0.15, 0.2) is 0 Å². The molecule has 0 aliphatic carbocycles. The van der Waals surface area contributed by atoms with E-state index in [0.717, 1.165) is 6.54 Å². The molecule has 1 rings (SSSR count). The molecule has 1 fully saturated rings. The average molecular weight is 97.2 g/mol. The second-order valence-corrected chi connectivity index (χ2v) is 1.88. The highest BCUT2D eigenvalue weighted by atomic mass is 14.8. The van der Waals surface area contributed by atoms with Crippen LogP contribution >= 0.6 is 0 Å². The third kappa shape index (κ3) is 1.93. The van der Waals surface area contributed by atoms with Crippen LogP contribution < -0.4 is 5.32 Å².